The summed E-state index contributed by atoms with van der Waals surface area (Å²) in [5.74, 6) is 1.31. The fourth-order valence-electron chi connectivity index (χ4n) is 3.90. The predicted molar refractivity (Wildman–Crippen MR) is 132 cm³/mol. The van der Waals surface area contributed by atoms with Gasteiger partial charge in [0.05, 0.1) is 31.2 Å². The van der Waals surface area contributed by atoms with Crippen LogP contribution in [-0.2, 0) is 22.9 Å². The number of rotatable bonds is 8. The molecule has 0 aliphatic carbocycles. The number of aromatic nitrogens is 2. The number of pyridine rings is 2. The molecule has 0 spiro atoms. The van der Waals surface area contributed by atoms with E-state index in [4.69, 9.17) is 14.5 Å². The third-order valence-corrected chi connectivity index (χ3v) is 6.98. The van der Waals surface area contributed by atoms with Crippen molar-refractivity contribution in [1.82, 2.24) is 9.97 Å². The van der Waals surface area contributed by atoms with Gasteiger partial charge in [0, 0.05) is 34.8 Å². The summed E-state index contributed by atoms with van der Waals surface area (Å²) in [4.78, 5) is 9.48. The minimum Gasteiger partial charge on any atom is -0.493 e. The van der Waals surface area contributed by atoms with E-state index in [1.165, 1.54) is 0 Å². The van der Waals surface area contributed by atoms with Crippen molar-refractivity contribution >= 4 is 37.4 Å². The molecular weight excluding hydrogens is 438 g/mol. The zero-order valence-electron chi connectivity index (χ0n) is 19.2. The molecule has 8 heteroatoms. The standard InChI is InChI=1S/C25H27N3O4S/c1-5-21-20-14-24(32-4)23(31-3)13-19(20)17(15-26-21)12-18-11-10-16-8-7-9-22(25(16)27-18)28-33(29,30)6-2/h7-11,13-15,28H,5-6,12H2,1-4H3. The summed E-state index contributed by atoms with van der Waals surface area (Å²) >= 11 is 0. The van der Waals surface area contributed by atoms with E-state index in [0.717, 1.165) is 39.5 Å². The maximum Gasteiger partial charge on any atom is 0.232 e. The average molecular weight is 466 g/mol. The summed E-state index contributed by atoms with van der Waals surface area (Å²) in [6.07, 6.45) is 3.21. The first-order chi connectivity index (χ1) is 15.9. The lowest BCUT2D eigenvalue weighted by molar-refractivity contribution is 0.356. The molecule has 4 aromatic rings. The smallest absolute Gasteiger partial charge is 0.232 e. The van der Waals surface area contributed by atoms with Gasteiger partial charge in [-0.2, -0.15) is 0 Å². The molecule has 0 unspecified atom stereocenters. The highest BCUT2D eigenvalue weighted by molar-refractivity contribution is 7.92. The van der Waals surface area contributed by atoms with Gasteiger partial charge in [-0.15, -0.1) is 0 Å². The maximum absolute atomic E-state index is 12.1. The summed E-state index contributed by atoms with van der Waals surface area (Å²) < 4.78 is 37.9. The Morgan fingerprint density at radius 2 is 1.70 bits per heavy atom. The van der Waals surface area contributed by atoms with Crippen LogP contribution in [0.25, 0.3) is 21.7 Å². The van der Waals surface area contributed by atoms with Gasteiger partial charge in [0.2, 0.25) is 10.0 Å². The normalized spacial score (nSPS) is 11.6. The number of anilines is 1. The molecule has 172 valence electrons. The monoisotopic (exact) mass is 465 g/mol. The molecule has 2 aromatic carbocycles. The van der Waals surface area contributed by atoms with Crippen LogP contribution in [0.3, 0.4) is 0 Å². The van der Waals surface area contributed by atoms with Crippen molar-refractivity contribution in [3.05, 3.63) is 65.6 Å². The second kappa shape index (κ2) is 9.23. The van der Waals surface area contributed by atoms with Crippen molar-refractivity contribution in [2.75, 3.05) is 24.7 Å². The third kappa shape index (κ3) is 4.57. The second-order valence-corrected chi connectivity index (χ2v) is 9.71. The quantitative estimate of drug-likeness (QED) is 0.405. The van der Waals surface area contributed by atoms with E-state index >= 15 is 0 Å². The van der Waals surface area contributed by atoms with E-state index in [9.17, 15) is 8.42 Å². The number of hydrogen-bond acceptors (Lipinski definition) is 6. The number of nitrogens with zero attached hydrogens (tertiary/aromatic N) is 2. The predicted octanol–water partition coefficient (Wildman–Crippen LogP) is 4.72. The topological polar surface area (TPSA) is 90.4 Å². The summed E-state index contributed by atoms with van der Waals surface area (Å²) in [7, 11) is -0.171. The second-order valence-electron chi connectivity index (χ2n) is 7.70. The highest BCUT2D eigenvalue weighted by Gasteiger charge is 2.15. The Bertz CT molecular complexity index is 1440. The SMILES string of the molecule is CCc1ncc(Cc2ccc3cccc(NS(=O)(=O)CC)c3n2)c2cc(OC)c(OC)cc12. The molecule has 2 aromatic heterocycles. The molecule has 1 N–H and O–H groups in total. The van der Waals surface area contributed by atoms with Crippen molar-refractivity contribution in [2.45, 2.75) is 26.7 Å². The number of sulfonamides is 1. The van der Waals surface area contributed by atoms with Crippen molar-refractivity contribution in [3.63, 3.8) is 0 Å². The minimum absolute atomic E-state index is 0.00416. The van der Waals surface area contributed by atoms with Gasteiger partial charge in [-0.1, -0.05) is 25.1 Å². The average Bonchev–Trinajstić information content (AvgIpc) is 2.83. The summed E-state index contributed by atoms with van der Waals surface area (Å²) in [5, 5.41) is 2.91. The largest absolute Gasteiger partial charge is 0.493 e. The number of ether oxygens (including phenoxy) is 2. The Labute approximate surface area is 193 Å². The van der Waals surface area contributed by atoms with Crippen molar-refractivity contribution in [3.8, 4) is 11.5 Å². The van der Waals surface area contributed by atoms with Crippen LogP contribution in [0.2, 0.25) is 0 Å². The molecular formula is C25H27N3O4S. The number of aryl methyl sites for hydroxylation is 1. The first-order valence-electron chi connectivity index (χ1n) is 10.8. The molecule has 2 heterocycles. The molecule has 0 radical (unpaired) electrons. The Morgan fingerprint density at radius 1 is 0.970 bits per heavy atom. The highest BCUT2D eigenvalue weighted by atomic mass is 32.2. The molecule has 0 fully saturated rings. The van der Waals surface area contributed by atoms with Crippen molar-refractivity contribution in [1.29, 1.82) is 0 Å². The number of fused-ring (bicyclic) bond motifs is 2. The van der Waals surface area contributed by atoms with Crippen molar-refractivity contribution < 1.29 is 17.9 Å². The molecule has 0 bridgehead atoms. The van der Waals surface area contributed by atoms with Gasteiger partial charge in [-0.05, 0) is 48.6 Å². The van der Waals surface area contributed by atoms with Gasteiger partial charge < -0.3 is 9.47 Å². The van der Waals surface area contributed by atoms with Crippen LogP contribution in [0.15, 0.2) is 48.7 Å². The van der Waals surface area contributed by atoms with E-state index in [1.807, 2.05) is 42.6 Å². The summed E-state index contributed by atoms with van der Waals surface area (Å²) in [6, 6.07) is 13.3. The maximum atomic E-state index is 12.1. The van der Waals surface area contributed by atoms with Gasteiger partial charge in [-0.3, -0.25) is 14.7 Å². The van der Waals surface area contributed by atoms with Crippen LogP contribution in [-0.4, -0.2) is 38.4 Å². The van der Waals surface area contributed by atoms with Crippen molar-refractivity contribution in [2.24, 2.45) is 0 Å². The van der Waals surface area contributed by atoms with E-state index in [0.29, 0.717) is 29.1 Å². The van der Waals surface area contributed by atoms with E-state index < -0.39 is 10.0 Å². The fourth-order valence-corrected chi connectivity index (χ4v) is 4.55. The first-order valence-corrected chi connectivity index (χ1v) is 12.5. The Hall–Kier alpha value is -3.39. The van der Waals surface area contributed by atoms with Gasteiger partial charge >= 0.3 is 0 Å². The molecule has 0 amide bonds. The first kappa shape index (κ1) is 22.8. The number of benzene rings is 2. The Morgan fingerprint density at radius 3 is 2.36 bits per heavy atom. The molecule has 0 saturated carbocycles. The summed E-state index contributed by atoms with van der Waals surface area (Å²) in [5.41, 5.74) is 3.90. The van der Waals surface area contributed by atoms with Gasteiger partial charge in [0.1, 0.15) is 0 Å². The van der Waals surface area contributed by atoms with E-state index in [2.05, 4.69) is 16.6 Å². The van der Waals surface area contributed by atoms with Gasteiger partial charge in [-0.25, -0.2) is 8.42 Å². The van der Waals surface area contributed by atoms with E-state index in [-0.39, 0.29) is 5.75 Å². The Kier molecular flexibility index (Phi) is 6.37. The zero-order chi connectivity index (χ0) is 23.6. The van der Waals surface area contributed by atoms with Gasteiger partial charge in [0.15, 0.2) is 11.5 Å². The number of nitrogens with one attached hydrogen (secondary N) is 1. The number of methoxy groups -OCH3 is 2. The zero-order valence-corrected chi connectivity index (χ0v) is 20.0. The fraction of sp³-hybridized carbons (Fsp3) is 0.280. The van der Waals surface area contributed by atoms with Crippen LogP contribution in [0, 0.1) is 0 Å². The third-order valence-electron chi connectivity index (χ3n) is 5.69. The molecule has 4 rings (SSSR count). The lowest BCUT2D eigenvalue weighted by Crippen LogP contribution is -2.15. The Balaban J connectivity index is 1.82. The lowest BCUT2D eigenvalue weighted by Gasteiger charge is -2.14. The minimum atomic E-state index is -3.41. The van der Waals surface area contributed by atoms with Gasteiger partial charge in [0.25, 0.3) is 0 Å². The van der Waals surface area contributed by atoms with Crippen LogP contribution >= 0.6 is 0 Å². The summed E-state index contributed by atoms with van der Waals surface area (Å²) in [6.45, 7) is 3.68. The van der Waals surface area contributed by atoms with E-state index in [1.54, 1.807) is 27.2 Å². The van der Waals surface area contributed by atoms with Crippen LogP contribution in [0.4, 0.5) is 5.69 Å². The molecule has 0 saturated heterocycles. The number of hydrogen-bond donors (Lipinski definition) is 1. The van der Waals surface area contributed by atoms with Crippen LogP contribution < -0.4 is 14.2 Å². The highest BCUT2D eigenvalue weighted by Crippen LogP contribution is 2.35. The molecule has 7 nitrogen and oxygen atoms in total. The number of para-hydroxylation sites is 1. The van der Waals surface area contributed by atoms with Crippen LogP contribution in [0.1, 0.15) is 30.8 Å². The lowest BCUT2D eigenvalue weighted by atomic mass is 9.99. The molecule has 0 atom stereocenters. The molecule has 0 aliphatic heterocycles. The molecule has 0 aliphatic rings. The van der Waals surface area contributed by atoms with Crippen LogP contribution in [0.5, 0.6) is 11.5 Å². The molecule has 33 heavy (non-hydrogen) atoms.